The van der Waals surface area contributed by atoms with Gasteiger partial charge in [0.05, 0.1) is 6.61 Å². The lowest BCUT2D eigenvalue weighted by Gasteiger charge is -2.11. The number of aromatic nitrogens is 3. The van der Waals surface area contributed by atoms with Crippen molar-refractivity contribution in [1.82, 2.24) is 15.0 Å². The Morgan fingerprint density at radius 1 is 1.03 bits per heavy atom. The maximum Gasteiger partial charge on any atom is 0.254 e. The Labute approximate surface area is 196 Å². The van der Waals surface area contributed by atoms with Gasteiger partial charge in [-0.25, -0.2) is 4.98 Å². The summed E-state index contributed by atoms with van der Waals surface area (Å²) in [5.41, 5.74) is 4.41. The molecule has 0 amide bonds. The number of aryl methyl sites for hydroxylation is 2. The molecule has 0 N–H and O–H groups in total. The van der Waals surface area contributed by atoms with Crippen LogP contribution in [-0.4, -0.2) is 34.5 Å². The van der Waals surface area contributed by atoms with Crippen molar-refractivity contribution in [3.63, 3.8) is 0 Å². The highest BCUT2D eigenvalue weighted by atomic mass is 35.5. The molecule has 0 aliphatic carbocycles. The van der Waals surface area contributed by atoms with Gasteiger partial charge in [0, 0.05) is 17.0 Å². The van der Waals surface area contributed by atoms with Crippen molar-refractivity contribution in [1.29, 1.82) is 0 Å². The lowest BCUT2D eigenvalue weighted by molar-refractivity contribution is -0.109. The van der Waals surface area contributed by atoms with Crippen LogP contribution >= 0.6 is 11.6 Å². The highest BCUT2D eigenvalue weighted by Crippen LogP contribution is 2.33. The molecule has 7 nitrogen and oxygen atoms in total. The average molecular weight is 466 g/mol. The van der Waals surface area contributed by atoms with E-state index in [1.807, 2.05) is 57.2 Å². The van der Waals surface area contributed by atoms with Crippen molar-refractivity contribution >= 4 is 29.1 Å². The quantitative estimate of drug-likeness (QED) is 0.301. The van der Waals surface area contributed by atoms with Gasteiger partial charge in [-0.2, -0.15) is 9.97 Å². The normalized spacial score (nSPS) is 11.0. The molecule has 8 heteroatoms. The summed E-state index contributed by atoms with van der Waals surface area (Å²) in [6.45, 7) is 6.38. The van der Waals surface area contributed by atoms with Crippen molar-refractivity contribution < 1.29 is 18.7 Å². The van der Waals surface area contributed by atoms with Crippen LogP contribution in [-0.2, 0) is 11.2 Å². The molecule has 4 rings (SSSR count). The monoisotopic (exact) mass is 465 g/mol. The van der Waals surface area contributed by atoms with E-state index >= 15 is 0 Å². The first-order chi connectivity index (χ1) is 16.0. The largest absolute Gasteiger partial charge is 0.486 e. The number of aldehydes is 1. The number of carbonyl (C=O) groups excluding carboxylic acids is 1. The SMILES string of the molecule is CCCOc1nc(Cc2ccc(Cl)cc2)nc2oc(-c3cc(C)c(OCC=O)c(C)c3)nc12. The molecule has 0 bridgehead atoms. The van der Waals surface area contributed by atoms with Gasteiger partial charge < -0.3 is 13.9 Å². The van der Waals surface area contributed by atoms with E-state index in [-0.39, 0.29) is 6.61 Å². The van der Waals surface area contributed by atoms with E-state index in [0.717, 1.165) is 35.0 Å². The zero-order chi connectivity index (χ0) is 23.4. The number of fused-ring (bicyclic) bond motifs is 1. The van der Waals surface area contributed by atoms with Gasteiger partial charge in [-0.3, -0.25) is 4.79 Å². The molecule has 33 heavy (non-hydrogen) atoms. The molecule has 0 radical (unpaired) electrons. The fourth-order valence-electron chi connectivity index (χ4n) is 3.55. The lowest BCUT2D eigenvalue weighted by Crippen LogP contribution is -2.03. The zero-order valence-corrected chi connectivity index (χ0v) is 19.5. The molecular formula is C25H24ClN3O4. The van der Waals surface area contributed by atoms with Gasteiger partial charge in [0.1, 0.15) is 18.2 Å². The summed E-state index contributed by atoms with van der Waals surface area (Å²) in [7, 11) is 0. The third-order valence-corrected chi connectivity index (χ3v) is 5.25. The molecule has 2 heterocycles. The number of benzene rings is 2. The van der Waals surface area contributed by atoms with Gasteiger partial charge in [0.2, 0.25) is 11.8 Å². The molecule has 0 aliphatic rings. The van der Waals surface area contributed by atoms with Crippen LogP contribution in [0.3, 0.4) is 0 Å². The topological polar surface area (TPSA) is 87.3 Å². The first-order valence-corrected chi connectivity index (χ1v) is 11.1. The van der Waals surface area contributed by atoms with Crippen LogP contribution in [0.1, 0.15) is 35.9 Å². The van der Waals surface area contributed by atoms with E-state index in [4.69, 9.17) is 25.5 Å². The summed E-state index contributed by atoms with van der Waals surface area (Å²) >= 11 is 6.00. The number of halogens is 1. The van der Waals surface area contributed by atoms with E-state index in [1.165, 1.54) is 0 Å². The molecular weight excluding hydrogens is 442 g/mol. The Hall–Kier alpha value is -3.45. The van der Waals surface area contributed by atoms with Gasteiger partial charge in [-0.05, 0) is 61.2 Å². The zero-order valence-electron chi connectivity index (χ0n) is 18.7. The number of rotatable bonds is 9. The molecule has 4 aromatic rings. The van der Waals surface area contributed by atoms with E-state index in [2.05, 4.69) is 15.0 Å². The molecule has 0 atom stereocenters. The van der Waals surface area contributed by atoms with Crippen LogP contribution in [0, 0.1) is 13.8 Å². The number of oxazole rings is 1. The summed E-state index contributed by atoms with van der Waals surface area (Å²) in [6.07, 6.45) is 2.07. The second-order valence-electron chi connectivity index (χ2n) is 7.69. The van der Waals surface area contributed by atoms with Gasteiger partial charge in [-0.1, -0.05) is 30.7 Å². The van der Waals surface area contributed by atoms with Crippen LogP contribution in [0.4, 0.5) is 0 Å². The van der Waals surface area contributed by atoms with E-state index in [1.54, 1.807) is 0 Å². The Balaban J connectivity index is 1.73. The van der Waals surface area contributed by atoms with E-state index in [0.29, 0.717) is 52.6 Å². The number of ether oxygens (including phenoxy) is 2. The molecule has 0 saturated heterocycles. The predicted molar refractivity (Wildman–Crippen MR) is 126 cm³/mol. The van der Waals surface area contributed by atoms with Gasteiger partial charge in [-0.15, -0.1) is 0 Å². The maximum absolute atomic E-state index is 10.7. The Morgan fingerprint density at radius 3 is 2.42 bits per heavy atom. The second kappa shape index (κ2) is 10.0. The van der Waals surface area contributed by atoms with Crippen molar-refractivity contribution in [3.8, 4) is 23.1 Å². The Kier molecular flexibility index (Phi) is 6.89. The number of hydrogen-bond acceptors (Lipinski definition) is 7. The summed E-state index contributed by atoms with van der Waals surface area (Å²) < 4.78 is 17.5. The molecule has 0 fully saturated rings. The van der Waals surface area contributed by atoms with Crippen LogP contribution in [0.5, 0.6) is 11.6 Å². The minimum Gasteiger partial charge on any atom is -0.486 e. The molecule has 0 saturated carbocycles. The fourth-order valence-corrected chi connectivity index (χ4v) is 3.67. The predicted octanol–water partition coefficient (Wildman–Crippen LogP) is 5.51. The summed E-state index contributed by atoms with van der Waals surface area (Å²) in [5, 5.41) is 0.676. The molecule has 2 aromatic heterocycles. The number of carbonyl (C=O) groups is 1. The lowest BCUT2D eigenvalue weighted by atomic mass is 10.1. The third kappa shape index (κ3) is 5.14. The standard InChI is InChI=1S/C25H24ClN3O4/c1-4-10-32-24-21-25(28-20(27-24)14-17-5-7-19(26)8-6-17)33-23(29-21)18-12-15(2)22(16(3)13-18)31-11-9-30/h5-9,12-13H,4,10-11,14H2,1-3H3. The Bertz CT molecular complexity index is 1260. The van der Waals surface area contributed by atoms with Crippen molar-refractivity contribution in [2.24, 2.45) is 0 Å². The Morgan fingerprint density at radius 2 is 1.76 bits per heavy atom. The molecule has 0 unspecified atom stereocenters. The highest BCUT2D eigenvalue weighted by molar-refractivity contribution is 6.30. The van der Waals surface area contributed by atoms with Crippen LogP contribution in [0.15, 0.2) is 40.8 Å². The average Bonchev–Trinajstić information content (AvgIpc) is 3.23. The molecule has 170 valence electrons. The van der Waals surface area contributed by atoms with Crippen LogP contribution in [0.25, 0.3) is 22.7 Å². The number of hydrogen-bond donors (Lipinski definition) is 0. The second-order valence-corrected chi connectivity index (χ2v) is 8.12. The fraction of sp³-hybridized carbons (Fsp3) is 0.280. The van der Waals surface area contributed by atoms with Crippen LogP contribution in [0.2, 0.25) is 5.02 Å². The number of nitrogens with zero attached hydrogens (tertiary/aromatic N) is 3. The minimum atomic E-state index is 0.00796. The maximum atomic E-state index is 10.7. The summed E-state index contributed by atoms with van der Waals surface area (Å²) in [6, 6.07) is 11.4. The summed E-state index contributed by atoms with van der Waals surface area (Å²) in [4.78, 5) is 24.5. The van der Waals surface area contributed by atoms with E-state index < -0.39 is 0 Å². The summed E-state index contributed by atoms with van der Waals surface area (Å²) in [5.74, 6) is 2.07. The first kappa shape index (κ1) is 22.7. The van der Waals surface area contributed by atoms with Crippen molar-refractivity contribution in [3.05, 3.63) is 63.9 Å². The van der Waals surface area contributed by atoms with Crippen LogP contribution < -0.4 is 9.47 Å². The van der Waals surface area contributed by atoms with Gasteiger partial charge in [0.15, 0.2) is 11.8 Å². The third-order valence-electron chi connectivity index (χ3n) is 4.99. The van der Waals surface area contributed by atoms with Crippen molar-refractivity contribution in [2.45, 2.75) is 33.6 Å². The van der Waals surface area contributed by atoms with Gasteiger partial charge >= 0.3 is 0 Å². The molecule has 0 aliphatic heterocycles. The molecule has 0 spiro atoms. The van der Waals surface area contributed by atoms with Crippen molar-refractivity contribution in [2.75, 3.05) is 13.2 Å². The highest BCUT2D eigenvalue weighted by Gasteiger charge is 2.19. The smallest absolute Gasteiger partial charge is 0.254 e. The van der Waals surface area contributed by atoms with E-state index in [9.17, 15) is 4.79 Å². The van der Waals surface area contributed by atoms with Gasteiger partial charge in [0.25, 0.3) is 5.71 Å². The first-order valence-electron chi connectivity index (χ1n) is 10.7. The minimum absolute atomic E-state index is 0.00796. The molecule has 2 aromatic carbocycles.